The van der Waals surface area contributed by atoms with Gasteiger partial charge >= 0.3 is 11.8 Å². The summed E-state index contributed by atoms with van der Waals surface area (Å²) in [6.45, 7) is 7.55. The molecule has 0 aliphatic heterocycles. The van der Waals surface area contributed by atoms with Crippen LogP contribution in [-0.4, -0.2) is 21.2 Å². The molecule has 6 nitrogen and oxygen atoms in total. The molecule has 0 saturated carbocycles. The summed E-state index contributed by atoms with van der Waals surface area (Å²) < 4.78 is 5.91. The monoisotopic (exact) mass is 381 g/mol. The number of nitrogens with zero attached hydrogens (tertiary/aromatic N) is 2. The van der Waals surface area contributed by atoms with Crippen LogP contribution in [0.15, 0.2) is 27.2 Å². The van der Waals surface area contributed by atoms with Gasteiger partial charge in [0.1, 0.15) is 0 Å². The predicted molar refractivity (Wildman–Crippen MR) is 88.9 cm³/mol. The van der Waals surface area contributed by atoms with E-state index in [9.17, 15) is 9.90 Å². The zero-order valence-corrected chi connectivity index (χ0v) is 15.1. The molecule has 0 aliphatic carbocycles. The van der Waals surface area contributed by atoms with Crippen LogP contribution in [0.5, 0.6) is 0 Å². The fourth-order valence-electron chi connectivity index (χ4n) is 2.09. The molecular formula is C16H20BrN3O3. The highest BCUT2D eigenvalue weighted by atomic mass is 79.9. The normalized spacial score (nSPS) is 13.0. The molecule has 0 radical (unpaired) electrons. The lowest BCUT2D eigenvalue weighted by Crippen LogP contribution is -2.28. The quantitative estimate of drug-likeness (QED) is 0.848. The first-order chi connectivity index (χ1) is 10.7. The Bertz CT molecular complexity index is 707. The SMILES string of the molecule is C[C@@H](NC(=O)c1nc(C(C)(C)C)no1)c1ccc(Br)cc1CO. The lowest BCUT2D eigenvalue weighted by atomic mass is 9.96. The van der Waals surface area contributed by atoms with Crippen LogP contribution in [0.4, 0.5) is 0 Å². The van der Waals surface area contributed by atoms with E-state index in [2.05, 4.69) is 31.4 Å². The van der Waals surface area contributed by atoms with E-state index < -0.39 is 5.91 Å². The number of nitrogens with one attached hydrogen (secondary N) is 1. The highest BCUT2D eigenvalue weighted by molar-refractivity contribution is 9.10. The molecule has 0 bridgehead atoms. The second-order valence-electron chi connectivity index (χ2n) is 6.37. The molecular weight excluding hydrogens is 362 g/mol. The van der Waals surface area contributed by atoms with Crippen LogP contribution in [0.1, 0.15) is 61.4 Å². The lowest BCUT2D eigenvalue weighted by Gasteiger charge is -2.16. The third kappa shape index (κ3) is 4.17. The summed E-state index contributed by atoms with van der Waals surface area (Å²) in [5, 5.41) is 16.1. The first kappa shape index (κ1) is 17.6. The molecule has 124 valence electrons. The molecule has 0 unspecified atom stereocenters. The number of carbonyl (C=O) groups excluding carboxylic acids is 1. The summed E-state index contributed by atoms with van der Waals surface area (Å²) in [7, 11) is 0. The van der Waals surface area contributed by atoms with E-state index in [0.29, 0.717) is 5.82 Å². The van der Waals surface area contributed by atoms with E-state index in [1.807, 2.05) is 45.9 Å². The van der Waals surface area contributed by atoms with Crippen molar-refractivity contribution in [1.29, 1.82) is 0 Å². The highest BCUT2D eigenvalue weighted by Crippen LogP contribution is 2.23. The third-order valence-electron chi connectivity index (χ3n) is 3.38. The van der Waals surface area contributed by atoms with E-state index in [1.165, 1.54) is 0 Å². The van der Waals surface area contributed by atoms with Gasteiger partial charge in [-0.3, -0.25) is 4.79 Å². The van der Waals surface area contributed by atoms with Crippen LogP contribution in [0.3, 0.4) is 0 Å². The maximum absolute atomic E-state index is 12.3. The number of aliphatic hydroxyl groups is 1. The molecule has 1 aromatic carbocycles. The van der Waals surface area contributed by atoms with Crippen LogP contribution in [0, 0.1) is 0 Å². The summed E-state index contributed by atoms with van der Waals surface area (Å²) >= 11 is 3.36. The molecule has 1 aromatic heterocycles. The minimum absolute atomic E-state index is 0.0653. The molecule has 1 heterocycles. The summed E-state index contributed by atoms with van der Waals surface area (Å²) in [5.74, 6) is -0.0215. The number of aromatic nitrogens is 2. The Hall–Kier alpha value is -1.73. The van der Waals surface area contributed by atoms with E-state index in [-0.39, 0.29) is 24.0 Å². The molecule has 0 spiro atoms. The Labute approximate surface area is 143 Å². The van der Waals surface area contributed by atoms with Crippen molar-refractivity contribution in [3.63, 3.8) is 0 Å². The topological polar surface area (TPSA) is 88.3 Å². The molecule has 1 atom stereocenters. The molecule has 2 aromatic rings. The van der Waals surface area contributed by atoms with Gasteiger partial charge in [0.25, 0.3) is 0 Å². The average molecular weight is 382 g/mol. The molecule has 23 heavy (non-hydrogen) atoms. The van der Waals surface area contributed by atoms with E-state index in [1.54, 1.807) is 0 Å². The van der Waals surface area contributed by atoms with Gasteiger partial charge in [-0.2, -0.15) is 4.98 Å². The maximum atomic E-state index is 12.3. The number of rotatable bonds is 4. The van der Waals surface area contributed by atoms with Gasteiger partial charge in [0.2, 0.25) is 0 Å². The van der Waals surface area contributed by atoms with Crippen LogP contribution < -0.4 is 5.32 Å². The van der Waals surface area contributed by atoms with E-state index >= 15 is 0 Å². The van der Waals surface area contributed by atoms with Gasteiger partial charge in [-0.1, -0.05) is 47.9 Å². The van der Waals surface area contributed by atoms with Crippen LogP contribution in [0.2, 0.25) is 0 Å². The smallest absolute Gasteiger partial charge is 0.315 e. The van der Waals surface area contributed by atoms with Crippen molar-refractivity contribution in [1.82, 2.24) is 15.5 Å². The lowest BCUT2D eigenvalue weighted by molar-refractivity contribution is 0.0895. The fraction of sp³-hybridized carbons (Fsp3) is 0.438. The van der Waals surface area contributed by atoms with Gasteiger partial charge in [0.05, 0.1) is 12.6 Å². The highest BCUT2D eigenvalue weighted by Gasteiger charge is 2.25. The Morgan fingerprint density at radius 1 is 1.43 bits per heavy atom. The van der Waals surface area contributed by atoms with E-state index in [4.69, 9.17) is 4.52 Å². The summed E-state index contributed by atoms with van der Waals surface area (Å²) in [6, 6.07) is 5.24. The third-order valence-corrected chi connectivity index (χ3v) is 3.87. The first-order valence-corrected chi connectivity index (χ1v) is 8.06. The summed E-state index contributed by atoms with van der Waals surface area (Å²) in [4.78, 5) is 16.4. The van der Waals surface area contributed by atoms with Crippen molar-refractivity contribution in [3.8, 4) is 0 Å². The number of amides is 1. The van der Waals surface area contributed by atoms with Gasteiger partial charge in [-0.25, -0.2) is 0 Å². The number of aliphatic hydroxyl groups excluding tert-OH is 1. The number of hydrogen-bond acceptors (Lipinski definition) is 5. The second-order valence-corrected chi connectivity index (χ2v) is 7.29. The standard InChI is InChI=1S/C16H20BrN3O3/c1-9(12-6-5-11(17)7-10(12)8-21)18-13(22)14-19-15(20-23-14)16(2,3)4/h5-7,9,21H,8H2,1-4H3,(H,18,22)/t9-/m1/s1. The number of carbonyl (C=O) groups is 1. The van der Waals surface area contributed by atoms with Crippen molar-refractivity contribution in [3.05, 3.63) is 45.5 Å². The number of halogens is 1. The van der Waals surface area contributed by atoms with Gasteiger partial charge in [0, 0.05) is 9.89 Å². The van der Waals surface area contributed by atoms with E-state index in [0.717, 1.165) is 15.6 Å². The number of benzene rings is 1. The minimum Gasteiger partial charge on any atom is -0.392 e. The van der Waals surface area contributed by atoms with Crippen molar-refractivity contribution in [2.75, 3.05) is 0 Å². The summed E-state index contributed by atoms with van der Waals surface area (Å²) in [6.07, 6.45) is 0. The predicted octanol–water partition coefficient (Wildman–Crippen LogP) is 3.11. The Morgan fingerprint density at radius 2 is 2.13 bits per heavy atom. The van der Waals surface area contributed by atoms with Gasteiger partial charge in [-0.15, -0.1) is 0 Å². The molecule has 1 amide bonds. The van der Waals surface area contributed by atoms with Crippen molar-refractivity contribution >= 4 is 21.8 Å². The van der Waals surface area contributed by atoms with Crippen LogP contribution in [0.25, 0.3) is 0 Å². The number of hydrogen-bond donors (Lipinski definition) is 2. The zero-order chi connectivity index (χ0) is 17.2. The largest absolute Gasteiger partial charge is 0.392 e. The van der Waals surface area contributed by atoms with Crippen molar-refractivity contribution in [2.45, 2.75) is 45.8 Å². The molecule has 2 N–H and O–H groups in total. The van der Waals surface area contributed by atoms with Gasteiger partial charge in [-0.05, 0) is 30.2 Å². The molecule has 7 heteroatoms. The minimum atomic E-state index is -0.438. The maximum Gasteiger partial charge on any atom is 0.315 e. The average Bonchev–Trinajstić information content (AvgIpc) is 2.96. The Morgan fingerprint density at radius 3 is 2.70 bits per heavy atom. The second kappa shape index (κ2) is 6.80. The van der Waals surface area contributed by atoms with Crippen molar-refractivity contribution < 1.29 is 14.4 Å². The molecule has 0 aliphatic rings. The summed E-state index contributed by atoms with van der Waals surface area (Å²) in [5.41, 5.74) is 1.29. The molecule has 0 saturated heterocycles. The van der Waals surface area contributed by atoms with Crippen molar-refractivity contribution in [2.24, 2.45) is 0 Å². The molecule has 0 fully saturated rings. The van der Waals surface area contributed by atoms with Gasteiger partial charge in [0.15, 0.2) is 5.82 Å². The Balaban J connectivity index is 2.15. The first-order valence-electron chi connectivity index (χ1n) is 7.26. The Kier molecular flexibility index (Phi) is 5.21. The molecule has 2 rings (SSSR count). The zero-order valence-electron chi connectivity index (χ0n) is 13.6. The van der Waals surface area contributed by atoms with Crippen LogP contribution in [-0.2, 0) is 12.0 Å². The van der Waals surface area contributed by atoms with Crippen LogP contribution >= 0.6 is 15.9 Å². The van der Waals surface area contributed by atoms with Gasteiger partial charge < -0.3 is 14.9 Å². The fourth-order valence-corrected chi connectivity index (χ4v) is 2.50.